The van der Waals surface area contributed by atoms with Gasteiger partial charge in [-0.05, 0) is 56.6 Å². The van der Waals surface area contributed by atoms with Gasteiger partial charge in [-0.25, -0.2) is 4.39 Å². The van der Waals surface area contributed by atoms with Gasteiger partial charge in [0.25, 0.3) is 0 Å². The highest BCUT2D eigenvalue weighted by atomic mass is 19.1. The molecule has 28 heavy (non-hydrogen) atoms. The molecule has 1 N–H and O–H groups in total. The predicted octanol–water partition coefficient (Wildman–Crippen LogP) is 3.28. The molecule has 0 aliphatic rings. The molecule has 2 amide bonds. The number of halogens is 1. The minimum absolute atomic E-state index is 0.102. The van der Waals surface area contributed by atoms with Crippen LogP contribution in [0.25, 0.3) is 0 Å². The van der Waals surface area contributed by atoms with E-state index in [1.54, 1.807) is 31.1 Å². The molecule has 6 heteroatoms. The molecular weight excluding hydrogens is 357 g/mol. The van der Waals surface area contributed by atoms with E-state index in [2.05, 4.69) is 5.32 Å². The van der Waals surface area contributed by atoms with Crippen LogP contribution in [0.3, 0.4) is 0 Å². The van der Waals surface area contributed by atoms with Crippen LogP contribution in [0.1, 0.15) is 22.3 Å². The zero-order valence-electron chi connectivity index (χ0n) is 17.2. The summed E-state index contributed by atoms with van der Waals surface area (Å²) in [6.07, 6.45) is 0. The summed E-state index contributed by atoms with van der Waals surface area (Å²) in [7, 11) is 3.39. The minimum Gasteiger partial charge on any atom is -0.340 e. The van der Waals surface area contributed by atoms with Gasteiger partial charge in [-0.15, -0.1) is 0 Å². The maximum absolute atomic E-state index is 13.3. The molecule has 2 aromatic carbocycles. The fourth-order valence-electron chi connectivity index (χ4n) is 3.21. The number of carbonyl (C=O) groups is 2. The Morgan fingerprint density at radius 1 is 1.00 bits per heavy atom. The van der Waals surface area contributed by atoms with Crippen LogP contribution >= 0.6 is 0 Å². The number of aryl methyl sites for hydroxylation is 3. The lowest BCUT2D eigenvalue weighted by Gasteiger charge is -2.22. The molecule has 0 saturated carbocycles. The van der Waals surface area contributed by atoms with Crippen LogP contribution in [0, 0.1) is 26.6 Å². The average Bonchev–Trinajstić information content (AvgIpc) is 2.57. The molecule has 0 aliphatic carbocycles. The zero-order chi connectivity index (χ0) is 20.8. The van der Waals surface area contributed by atoms with Crippen LogP contribution in [0.5, 0.6) is 0 Å². The third-order valence-corrected chi connectivity index (χ3v) is 4.49. The summed E-state index contributed by atoms with van der Waals surface area (Å²) in [4.78, 5) is 28.0. The Bertz CT molecular complexity index is 844. The summed E-state index contributed by atoms with van der Waals surface area (Å²) in [6, 6.07) is 10.2. The SMILES string of the molecule is Cc1cc(C)c(NC(=O)CN(C)CC(=O)N(C)Cc2cccc(F)c2)c(C)c1. The topological polar surface area (TPSA) is 52.7 Å². The highest BCUT2D eigenvalue weighted by Crippen LogP contribution is 2.21. The molecule has 150 valence electrons. The maximum Gasteiger partial charge on any atom is 0.238 e. The Morgan fingerprint density at radius 2 is 1.64 bits per heavy atom. The van der Waals surface area contributed by atoms with E-state index < -0.39 is 0 Å². The Morgan fingerprint density at radius 3 is 2.25 bits per heavy atom. The van der Waals surface area contributed by atoms with Gasteiger partial charge in [0.1, 0.15) is 5.82 Å². The minimum atomic E-state index is -0.325. The maximum atomic E-state index is 13.3. The van der Waals surface area contributed by atoms with Crippen LogP contribution in [-0.2, 0) is 16.1 Å². The Kier molecular flexibility index (Phi) is 7.29. The zero-order valence-corrected chi connectivity index (χ0v) is 17.2. The lowest BCUT2D eigenvalue weighted by molar-refractivity contribution is -0.131. The molecule has 0 saturated heterocycles. The second kappa shape index (κ2) is 9.46. The van der Waals surface area contributed by atoms with E-state index in [1.165, 1.54) is 17.0 Å². The van der Waals surface area contributed by atoms with Gasteiger partial charge in [0.05, 0.1) is 13.1 Å². The van der Waals surface area contributed by atoms with Crippen molar-refractivity contribution >= 4 is 17.5 Å². The normalized spacial score (nSPS) is 10.8. The standard InChI is InChI=1S/C22H28FN3O2/c1-15-9-16(2)22(17(3)10-15)24-20(27)13-25(4)14-21(28)26(5)12-18-7-6-8-19(23)11-18/h6-11H,12-14H2,1-5H3,(H,24,27). The molecule has 0 bridgehead atoms. The van der Waals surface area contributed by atoms with Gasteiger partial charge < -0.3 is 10.2 Å². The Hall–Kier alpha value is -2.73. The summed E-state index contributed by atoms with van der Waals surface area (Å²) in [5.41, 5.74) is 4.72. The van der Waals surface area contributed by atoms with Crippen molar-refractivity contribution in [2.24, 2.45) is 0 Å². The van der Waals surface area contributed by atoms with Crippen molar-refractivity contribution in [3.63, 3.8) is 0 Å². The number of rotatable bonds is 7. The number of nitrogens with zero attached hydrogens (tertiary/aromatic N) is 2. The lowest BCUT2D eigenvalue weighted by Crippen LogP contribution is -2.39. The van der Waals surface area contributed by atoms with Crippen molar-refractivity contribution in [2.75, 3.05) is 32.5 Å². The van der Waals surface area contributed by atoms with E-state index in [-0.39, 0.29) is 30.7 Å². The van der Waals surface area contributed by atoms with Crippen molar-refractivity contribution in [2.45, 2.75) is 27.3 Å². The van der Waals surface area contributed by atoms with Gasteiger partial charge >= 0.3 is 0 Å². The van der Waals surface area contributed by atoms with Crippen LogP contribution in [0.2, 0.25) is 0 Å². The smallest absolute Gasteiger partial charge is 0.238 e. The first-order chi connectivity index (χ1) is 13.2. The third kappa shape index (κ3) is 6.16. The first kappa shape index (κ1) is 21.6. The van der Waals surface area contributed by atoms with Gasteiger partial charge in [0.2, 0.25) is 11.8 Å². The van der Waals surface area contributed by atoms with Crippen molar-refractivity contribution in [3.05, 3.63) is 64.5 Å². The highest BCUT2D eigenvalue weighted by molar-refractivity contribution is 5.94. The first-order valence-electron chi connectivity index (χ1n) is 9.20. The number of benzene rings is 2. The van der Waals surface area contributed by atoms with E-state index in [4.69, 9.17) is 0 Å². The molecule has 0 heterocycles. The predicted molar refractivity (Wildman–Crippen MR) is 110 cm³/mol. The van der Waals surface area contributed by atoms with Gasteiger partial charge in [-0.2, -0.15) is 0 Å². The number of likely N-dealkylation sites (N-methyl/N-ethyl adjacent to an activating group) is 2. The molecule has 0 unspecified atom stereocenters. The molecule has 0 atom stereocenters. The van der Waals surface area contributed by atoms with E-state index in [0.29, 0.717) is 6.54 Å². The molecule has 2 aromatic rings. The highest BCUT2D eigenvalue weighted by Gasteiger charge is 2.16. The molecular formula is C22H28FN3O2. The van der Waals surface area contributed by atoms with Crippen LogP contribution < -0.4 is 5.32 Å². The molecule has 0 radical (unpaired) electrons. The van der Waals surface area contributed by atoms with Gasteiger partial charge in [0.15, 0.2) is 0 Å². The number of amides is 2. The van der Waals surface area contributed by atoms with E-state index in [9.17, 15) is 14.0 Å². The monoisotopic (exact) mass is 385 g/mol. The van der Waals surface area contributed by atoms with Crippen LogP contribution in [0.4, 0.5) is 10.1 Å². The summed E-state index contributed by atoms with van der Waals surface area (Å²) in [5, 5.41) is 2.94. The van der Waals surface area contributed by atoms with Crippen molar-refractivity contribution in [3.8, 4) is 0 Å². The first-order valence-corrected chi connectivity index (χ1v) is 9.20. The number of hydrogen-bond donors (Lipinski definition) is 1. The van der Waals surface area contributed by atoms with Crippen molar-refractivity contribution in [1.82, 2.24) is 9.80 Å². The fourth-order valence-corrected chi connectivity index (χ4v) is 3.21. The molecule has 5 nitrogen and oxygen atoms in total. The number of anilines is 1. The van der Waals surface area contributed by atoms with Gasteiger partial charge in [0, 0.05) is 19.3 Å². The van der Waals surface area contributed by atoms with Gasteiger partial charge in [-0.3, -0.25) is 14.5 Å². The molecule has 0 spiro atoms. The average molecular weight is 385 g/mol. The van der Waals surface area contributed by atoms with E-state index >= 15 is 0 Å². The summed E-state index contributed by atoms with van der Waals surface area (Å²) >= 11 is 0. The summed E-state index contributed by atoms with van der Waals surface area (Å²) in [6.45, 7) is 6.47. The van der Waals surface area contributed by atoms with Crippen LogP contribution in [0.15, 0.2) is 36.4 Å². The molecule has 0 aliphatic heterocycles. The number of carbonyl (C=O) groups excluding carboxylic acids is 2. The van der Waals surface area contributed by atoms with Crippen molar-refractivity contribution < 1.29 is 14.0 Å². The van der Waals surface area contributed by atoms with Gasteiger partial charge in [-0.1, -0.05) is 29.8 Å². The van der Waals surface area contributed by atoms with E-state index in [1.807, 2.05) is 32.9 Å². The summed E-state index contributed by atoms with van der Waals surface area (Å²) < 4.78 is 13.3. The second-order valence-corrected chi connectivity index (χ2v) is 7.37. The second-order valence-electron chi connectivity index (χ2n) is 7.37. The molecule has 0 fully saturated rings. The lowest BCUT2D eigenvalue weighted by atomic mass is 10.1. The molecule has 0 aromatic heterocycles. The molecule has 2 rings (SSSR count). The van der Waals surface area contributed by atoms with E-state index in [0.717, 1.165) is 27.9 Å². The van der Waals surface area contributed by atoms with Crippen LogP contribution in [-0.4, -0.2) is 48.8 Å². The Labute approximate surface area is 166 Å². The fraction of sp³-hybridized carbons (Fsp3) is 0.364. The van der Waals surface area contributed by atoms with Crippen molar-refractivity contribution in [1.29, 1.82) is 0 Å². The Balaban J connectivity index is 1.88. The summed E-state index contributed by atoms with van der Waals surface area (Å²) in [5.74, 6) is -0.630. The quantitative estimate of drug-likeness (QED) is 0.796. The largest absolute Gasteiger partial charge is 0.340 e. The number of nitrogens with one attached hydrogen (secondary N) is 1. The number of hydrogen-bond acceptors (Lipinski definition) is 3. The third-order valence-electron chi connectivity index (χ3n) is 4.49.